The van der Waals surface area contributed by atoms with Crippen molar-refractivity contribution in [1.29, 1.82) is 5.26 Å². The number of hydrogen-bond donors (Lipinski definition) is 1. The van der Waals surface area contributed by atoms with Gasteiger partial charge in [-0.3, -0.25) is 9.97 Å². The summed E-state index contributed by atoms with van der Waals surface area (Å²) in [6.07, 6.45) is 5.68. The molecule has 0 spiro atoms. The molecule has 0 atom stereocenters. The number of aromatic nitrogens is 4. The Balaban J connectivity index is 1.50. The lowest BCUT2D eigenvalue weighted by atomic mass is 9.65. The molecule has 3 heterocycles. The highest BCUT2D eigenvalue weighted by Gasteiger charge is 2.48. The fourth-order valence-corrected chi connectivity index (χ4v) is 3.44. The van der Waals surface area contributed by atoms with Crippen LogP contribution in [-0.4, -0.2) is 32.7 Å². The summed E-state index contributed by atoms with van der Waals surface area (Å²) in [4.78, 5) is 16.8. The standard InChI is InChI=1S/C20H16F2N6/c21-15-7-20(8-15,18-16(22)2-1-4-25-18)12-28-19-26-10-14(11-27-19)17-6-13(9-23)3-5-24-17/h1-6,10-11,15H,7-8,12H2,(H,26,27,28)/t15-,20-. The van der Waals surface area contributed by atoms with Crippen LogP contribution in [0.5, 0.6) is 0 Å². The predicted octanol–water partition coefficient (Wildman–Crippen LogP) is 3.43. The van der Waals surface area contributed by atoms with Crippen molar-refractivity contribution in [3.8, 4) is 17.3 Å². The van der Waals surface area contributed by atoms with Crippen LogP contribution in [0.1, 0.15) is 24.1 Å². The van der Waals surface area contributed by atoms with Gasteiger partial charge in [0, 0.05) is 42.3 Å². The van der Waals surface area contributed by atoms with Crippen LogP contribution in [0.4, 0.5) is 14.7 Å². The maximum Gasteiger partial charge on any atom is 0.222 e. The van der Waals surface area contributed by atoms with E-state index in [1.54, 1.807) is 30.7 Å². The molecule has 0 amide bonds. The van der Waals surface area contributed by atoms with E-state index in [0.29, 0.717) is 22.8 Å². The quantitative estimate of drug-likeness (QED) is 0.732. The van der Waals surface area contributed by atoms with E-state index in [-0.39, 0.29) is 25.1 Å². The summed E-state index contributed by atoms with van der Waals surface area (Å²) in [5, 5.41) is 12.0. The van der Waals surface area contributed by atoms with Crippen molar-refractivity contribution in [2.45, 2.75) is 24.4 Å². The van der Waals surface area contributed by atoms with E-state index in [2.05, 4.69) is 31.3 Å². The van der Waals surface area contributed by atoms with Crippen molar-refractivity contribution in [2.75, 3.05) is 11.9 Å². The van der Waals surface area contributed by atoms with Gasteiger partial charge in [-0.1, -0.05) is 0 Å². The fraction of sp³-hybridized carbons (Fsp3) is 0.250. The van der Waals surface area contributed by atoms with Crippen molar-refractivity contribution in [1.82, 2.24) is 19.9 Å². The van der Waals surface area contributed by atoms with Crippen LogP contribution in [0, 0.1) is 17.1 Å². The van der Waals surface area contributed by atoms with E-state index in [1.165, 1.54) is 18.3 Å². The van der Waals surface area contributed by atoms with Crippen LogP contribution in [0.2, 0.25) is 0 Å². The highest BCUT2D eigenvalue weighted by molar-refractivity contribution is 5.59. The molecule has 3 aromatic rings. The van der Waals surface area contributed by atoms with Gasteiger partial charge in [-0.2, -0.15) is 5.26 Å². The van der Waals surface area contributed by atoms with Gasteiger partial charge in [0.25, 0.3) is 0 Å². The van der Waals surface area contributed by atoms with Gasteiger partial charge in [0.05, 0.1) is 23.0 Å². The molecule has 0 aromatic carbocycles. The minimum absolute atomic E-state index is 0.205. The summed E-state index contributed by atoms with van der Waals surface area (Å²) in [5.41, 5.74) is 1.32. The van der Waals surface area contributed by atoms with Gasteiger partial charge in [-0.25, -0.2) is 18.7 Å². The van der Waals surface area contributed by atoms with Crippen LogP contribution < -0.4 is 5.32 Å². The first-order chi connectivity index (χ1) is 13.6. The molecule has 140 valence electrons. The molecule has 1 saturated carbocycles. The lowest BCUT2D eigenvalue weighted by molar-refractivity contribution is 0.0963. The summed E-state index contributed by atoms with van der Waals surface area (Å²) in [6, 6.07) is 8.19. The number of nitriles is 1. The van der Waals surface area contributed by atoms with E-state index >= 15 is 0 Å². The second-order valence-corrected chi connectivity index (χ2v) is 6.81. The average Bonchev–Trinajstić information content (AvgIpc) is 2.71. The van der Waals surface area contributed by atoms with Gasteiger partial charge in [-0.05, 0) is 37.1 Å². The summed E-state index contributed by atoms with van der Waals surface area (Å²) in [7, 11) is 0. The van der Waals surface area contributed by atoms with E-state index in [9.17, 15) is 8.78 Å². The first-order valence-corrected chi connectivity index (χ1v) is 8.77. The van der Waals surface area contributed by atoms with Gasteiger partial charge < -0.3 is 5.32 Å². The lowest BCUT2D eigenvalue weighted by Gasteiger charge is -2.43. The van der Waals surface area contributed by atoms with Crippen LogP contribution in [0.3, 0.4) is 0 Å². The molecule has 3 aromatic heterocycles. The highest BCUT2D eigenvalue weighted by atomic mass is 19.1. The van der Waals surface area contributed by atoms with Gasteiger partial charge in [-0.15, -0.1) is 0 Å². The monoisotopic (exact) mass is 378 g/mol. The molecule has 1 fully saturated rings. The van der Waals surface area contributed by atoms with E-state index in [0.717, 1.165) is 0 Å². The molecule has 6 nitrogen and oxygen atoms in total. The number of anilines is 1. The second kappa shape index (κ2) is 7.27. The van der Waals surface area contributed by atoms with Crippen molar-refractivity contribution in [3.05, 3.63) is 66.1 Å². The zero-order valence-electron chi connectivity index (χ0n) is 14.8. The molecular formula is C20H16F2N6. The molecule has 28 heavy (non-hydrogen) atoms. The Morgan fingerprint density at radius 2 is 1.93 bits per heavy atom. The molecule has 1 N–H and O–H groups in total. The van der Waals surface area contributed by atoms with Gasteiger partial charge in [0.2, 0.25) is 5.95 Å². The Morgan fingerprint density at radius 1 is 1.14 bits per heavy atom. The Labute approximate surface area is 160 Å². The number of halogens is 2. The third-order valence-electron chi connectivity index (χ3n) is 4.91. The number of nitrogens with one attached hydrogen (secondary N) is 1. The van der Waals surface area contributed by atoms with Crippen LogP contribution in [0.25, 0.3) is 11.3 Å². The number of nitrogens with zero attached hydrogens (tertiary/aromatic N) is 5. The van der Waals surface area contributed by atoms with E-state index < -0.39 is 17.4 Å². The van der Waals surface area contributed by atoms with Gasteiger partial charge >= 0.3 is 0 Å². The van der Waals surface area contributed by atoms with E-state index in [4.69, 9.17) is 5.26 Å². The molecule has 0 saturated heterocycles. The minimum atomic E-state index is -0.968. The molecule has 0 unspecified atom stereocenters. The molecule has 1 aliphatic rings. The molecular weight excluding hydrogens is 362 g/mol. The number of alkyl halides is 1. The van der Waals surface area contributed by atoms with Crippen LogP contribution in [-0.2, 0) is 5.41 Å². The van der Waals surface area contributed by atoms with Crippen LogP contribution >= 0.6 is 0 Å². The Kier molecular flexibility index (Phi) is 4.65. The first-order valence-electron chi connectivity index (χ1n) is 8.77. The molecule has 0 bridgehead atoms. The van der Waals surface area contributed by atoms with Crippen molar-refractivity contribution < 1.29 is 8.78 Å². The smallest absolute Gasteiger partial charge is 0.222 e. The zero-order chi connectivity index (χ0) is 19.6. The topological polar surface area (TPSA) is 87.4 Å². The molecule has 0 aliphatic heterocycles. The maximum absolute atomic E-state index is 14.2. The second-order valence-electron chi connectivity index (χ2n) is 6.81. The minimum Gasteiger partial charge on any atom is -0.353 e. The summed E-state index contributed by atoms with van der Waals surface area (Å²) >= 11 is 0. The summed E-state index contributed by atoms with van der Waals surface area (Å²) in [5.74, 6) is -0.0888. The van der Waals surface area contributed by atoms with Crippen LogP contribution in [0.15, 0.2) is 49.1 Å². The maximum atomic E-state index is 14.2. The van der Waals surface area contributed by atoms with Gasteiger partial charge in [0.15, 0.2) is 0 Å². The molecule has 1 aliphatic carbocycles. The fourth-order valence-electron chi connectivity index (χ4n) is 3.44. The normalized spacial score (nSPS) is 20.8. The third-order valence-corrected chi connectivity index (χ3v) is 4.91. The number of pyridine rings is 2. The van der Waals surface area contributed by atoms with Crippen molar-refractivity contribution in [2.24, 2.45) is 0 Å². The Morgan fingerprint density at radius 3 is 2.61 bits per heavy atom. The average molecular weight is 378 g/mol. The Bertz CT molecular complexity index is 1030. The summed E-state index contributed by atoms with van der Waals surface area (Å²) < 4.78 is 27.8. The van der Waals surface area contributed by atoms with Gasteiger partial charge in [0.1, 0.15) is 12.0 Å². The third kappa shape index (κ3) is 3.39. The zero-order valence-corrected chi connectivity index (χ0v) is 14.8. The number of hydrogen-bond acceptors (Lipinski definition) is 6. The number of rotatable bonds is 5. The Hall–Kier alpha value is -3.47. The molecule has 8 heteroatoms. The predicted molar refractivity (Wildman–Crippen MR) is 98.5 cm³/mol. The molecule has 4 rings (SSSR count). The van der Waals surface area contributed by atoms with Crippen molar-refractivity contribution >= 4 is 5.95 Å². The van der Waals surface area contributed by atoms with Crippen molar-refractivity contribution in [3.63, 3.8) is 0 Å². The summed E-state index contributed by atoms with van der Waals surface area (Å²) in [6.45, 7) is 0.281. The lowest BCUT2D eigenvalue weighted by Crippen LogP contribution is -2.49. The largest absolute Gasteiger partial charge is 0.353 e. The van der Waals surface area contributed by atoms with E-state index in [1.807, 2.05) is 0 Å². The molecule has 0 radical (unpaired) electrons. The first kappa shape index (κ1) is 17.9. The highest BCUT2D eigenvalue weighted by Crippen LogP contribution is 2.45. The SMILES string of the molecule is N#Cc1ccnc(-c2cnc(NC[C@]3(c4ncccc4F)C[C@H](F)C3)nc2)c1.